The van der Waals surface area contributed by atoms with E-state index in [4.69, 9.17) is 9.47 Å². The fraction of sp³-hybridized carbons (Fsp3) is 0.444. The Balaban J connectivity index is 1.84. The van der Waals surface area contributed by atoms with Gasteiger partial charge in [0.25, 0.3) is 5.91 Å². The summed E-state index contributed by atoms with van der Waals surface area (Å²) < 4.78 is 26.5. The molecule has 1 aliphatic heterocycles. The Bertz CT molecular complexity index is 741. The smallest absolute Gasteiger partial charge is 0.254 e. The van der Waals surface area contributed by atoms with Crippen LogP contribution in [0.15, 0.2) is 30.6 Å². The van der Waals surface area contributed by atoms with Crippen molar-refractivity contribution in [1.29, 1.82) is 0 Å². The van der Waals surface area contributed by atoms with E-state index in [-0.39, 0.29) is 17.5 Å². The molecule has 1 atom stereocenters. The quantitative estimate of drug-likeness (QED) is 0.902. The largest absolute Gasteiger partial charge is 0.497 e. The number of halogens is 1. The van der Waals surface area contributed by atoms with Crippen LogP contribution < -0.4 is 10.1 Å². The molecule has 25 heavy (non-hydrogen) atoms. The summed E-state index contributed by atoms with van der Waals surface area (Å²) in [5.74, 6) is 0.260. The molecule has 0 spiro atoms. The number of carbonyl (C=O) groups excluding carboxylic acids is 1. The van der Waals surface area contributed by atoms with Gasteiger partial charge in [0.1, 0.15) is 17.4 Å². The molecule has 134 valence electrons. The van der Waals surface area contributed by atoms with Crippen LogP contribution in [0, 0.1) is 11.7 Å². The Morgan fingerprint density at radius 1 is 1.44 bits per heavy atom. The summed E-state index contributed by atoms with van der Waals surface area (Å²) in [4.78, 5) is 17.0. The third kappa shape index (κ3) is 3.82. The van der Waals surface area contributed by atoms with Crippen LogP contribution in [0.1, 0.15) is 35.1 Å². The highest BCUT2D eigenvalue weighted by Gasteiger charge is 2.30. The average molecular weight is 347 g/mol. The van der Waals surface area contributed by atoms with E-state index >= 15 is 0 Å². The van der Waals surface area contributed by atoms with Crippen molar-refractivity contribution in [3.05, 3.63) is 47.8 Å². The second-order valence-corrected chi connectivity index (χ2v) is 6.14. The average Bonchev–Trinajstić information content (AvgIpc) is 3.05. The highest BCUT2D eigenvalue weighted by molar-refractivity contribution is 5.94. The zero-order valence-corrected chi connectivity index (χ0v) is 14.4. The van der Waals surface area contributed by atoms with E-state index < -0.39 is 11.7 Å². The number of aryl methyl sites for hydroxylation is 1. The van der Waals surface area contributed by atoms with Crippen molar-refractivity contribution in [1.82, 2.24) is 14.9 Å². The van der Waals surface area contributed by atoms with E-state index in [0.29, 0.717) is 19.0 Å². The second-order valence-electron chi connectivity index (χ2n) is 6.14. The van der Waals surface area contributed by atoms with Crippen LogP contribution >= 0.6 is 0 Å². The van der Waals surface area contributed by atoms with Crippen molar-refractivity contribution in [2.75, 3.05) is 20.3 Å². The molecule has 0 bridgehead atoms. The topological polar surface area (TPSA) is 65.4 Å². The standard InChI is InChI=1S/C18H22FN3O3/c1-22-8-7-20-17(22)16(12-5-9-25-10-6-12)21-18(23)14-4-3-13(24-2)11-15(14)19/h3-4,7-8,11-12,16H,5-6,9-10H2,1-2H3,(H,21,23). The molecular weight excluding hydrogens is 325 g/mol. The molecular formula is C18H22FN3O3. The monoisotopic (exact) mass is 347 g/mol. The molecule has 1 unspecified atom stereocenters. The third-order valence-electron chi connectivity index (χ3n) is 4.58. The number of nitrogens with one attached hydrogen (secondary N) is 1. The van der Waals surface area contributed by atoms with Gasteiger partial charge in [-0.05, 0) is 30.9 Å². The minimum Gasteiger partial charge on any atom is -0.497 e. The molecule has 6 nitrogen and oxygen atoms in total. The van der Waals surface area contributed by atoms with Crippen molar-refractivity contribution in [2.45, 2.75) is 18.9 Å². The molecule has 0 aliphatic carbocycles. The van der Waals surface area contributed by atoms with Crippen LogP contribution in [0.2, 0.25) is 0 Å². The predicted molar refractivity (Wildman–Crippen MR) is 89.9 cm³/mol. The number of carbonyl (C=O) groups is 1. The van der Waals surface area contributed by atoms with Crippen molar-refractivity contribution in [3.8, 4) is 5.75 Å². The van der Waals surface area contributed by atoms with E-state index in [1.807, 2.05) is 17.8 Å². The minimum absolute atomic E-state index is 0.00734. The molecule has 1 saturated heterocycles. The Hall–Kier alpha value is -2.41. The number of rotatable bonds is 5. The summed E-state index contributed by atoms with van der Waals surface area (Å²) in [5, 5.41) is 2.97. The van der Waals surface area contributed by atoms with Gasteiger partial charge in [-0.2, -0.15) is 0 Å². The van der Waals surface area contributed by atoms with Crippen LogP contribution in [0.3, 0.4) is 0 Å². The number of methoxy groups -OCH3 is 1. The van der Waals surface area contributed by atoms with Gasteiger partial charge in [0.2, 0.25) is 0 Å². The molecule has 1 aliphatic rings. The maximum Gasteiger partial charge on any atom is 0.254 e. The van der Waals surface area contributed by atoms with Crippen molar-refractivity contribution in [2.24, 2.45) is 13.0 Å². The third-order valence-corrected chi connectivity index (χ3v) is 4.58. The Morgan fingerprint density at radius 3 is 2.80 bits per heavy atom. The minimum atomic E-state index is -0.609. The normalized spacial score (nSPS) is 16.4. The van der Waals surface area contributed by atoms with Crippen LogP contribution in [-0.2, 0) is 11.8 Å². The maximum absolute atomic E-state index is 14.2. The summed E-state index contributed by atoms with van der Waals surface area (Å²) in [6.45, 7) is 1.30. The van der Waals surface area contributed by atoms with E-state index in [0.717, 1.165) is 18.7 Å². The molecule has 0 radical (unpaired) electrons. The molecule has 1 aromatic carbocycles. The molecule has 2 aromatic rings. The number of aromatic nitrogens is 2. The summed E-state index contributed by atoms with van der Waals surface area (Å²) in [7, 11) is 3.34. The van der Waals surface area contributed by atoms with Gasteiger partial charge in [0.05, 0.1) is 18.7 Å². The summed E-state index contributed by atoms with van der Waals surface area (Å²) in [6, 6.07) is 3.92. The molecule has 2 heterocycles. The number of hydrogen-bond acceptors (Lipinski definition) is 4. The van der Waals surface area contributed by atoms with Crippen LogP contribution in [0.5, 0.6) is 5.75 Å². The Morgan fingerprint density at radius 2 is 2.20 bits per heavy atom. The fourth-order valence-electron chi connectivity index (χ4n) is 3.15. The first-order valence-corrected chi connectivity index (χ1v) is 8.29. The van der Waals surface area contributed by atoms with E-state index in [1.165, 1.54) is 19.2 Å². The van der Waals surface area contributed by atoms with Gasteiger partial charge in [-0.25, -0.2) is 9.37 Å². The van der Waals surface area contributed by atoms with Gasteiger partial charge < -0.3 is 19.4 Å². The van der Waals surface area contributed by atoms with E-state index in [1.54, 1.807) is 12.3 Å². The highest BCUT2D eigenvalue weighted by Crippen LogP contribution is 2.29. The number of hydrogen-bond donors (Lipinski definition) is 1. The first-order valence-electron chi connectivity index (χ1n) is 8.29. The van der Waals surface area contributed by atoms with E-state index in [9.17, 15) is 9.18 Å². The first-order chi connectivity index (χ1) is 12.1. The van der Waals surface area contributed by atoms with Crippen molar-refractivity contribution < 1.29 is 18.7 Å². The first kappa shape index (κ1) is 17.4. The molecule has 1 fully saturated rings. The number of benzene rings is 1. The lowest BCUT2D eigenvalue weighted by Gasteiger charge is -2.30. The lowest BCUT2D eigenvalue weighted by Crippen LogP contribution is -2.37. The Kier molecular flexibility index (Phi) is 5.33. The molecule has 3 rings (SSSR count). The van der Waals surface area contributed by atoms with Crippen molar-refractivity contribution in [3.63, 3.8) is 0 Å². The lowest BCUT2D eigenvalue weighted by atomic mass is 9.90. The predicted octanol–water partition coefficient (Wildman–Crippen LogP) is 2.47. The van der Waals surface area contributed by atoms with Crippen molar-refractivity contribution >= 4 is 5.91 Å². The molecule has 1 aromatic heterocycles. The SMILES string of the molecule is COc1ccc(C(=O)NC(c2nccn2C)C2CCOCC2)c(F)c1. The summed E-state index contributed by atoms with van der Waals surface area (Å²) >= 11 is 0. The Labute approximate surface area is 146 Å². The molecule has 7 heteroatoms. The molecule has 1 N–H and O–H groups in total. The molecule has 1 amide bonds. The zero-order valence-electron chi connectivity index (χ0n) is 14.4. The lowest BCUT2D eigenvalue weighted by molar-refractivity contribution is 0.0498. The van der Waals surface area contributed by atoms with Crippen LogP contribution in [0.4, 0.5) is 4.39 Å². The summed E-state index contributed by atoms with van der Waals surface area (Å²) in [5.41, 5.74) is -0.00734. The van der Waals surface area contributed by atoms with Gasteiger partial charge in [-0.1, -0.05) is 0 Å². The number of imidazole rings is 1. The highest BCUT2D eigenvalue weighted by atomic mass is 19.1. The van der Waals surface area contributed by atoms with Crippen LogP contribution in [-0.4, -0.2) is 35.8 Å². The number of amides is 1. The fourth-order valence-corrected chi connectivity index (χ4v) is 3.15. The van der Waals surface area contributed by atoms with E-state index in [2.05, 4.69) is 10.3 Å². The molecule has 0 saturated carbocycles. The van der Waals surface area contributed by atoms with Crippen LogP contribution in [0.25, 0.3) is 0 Å². The number of ether oxygens (including phenoxy) is 2. The number of nitrogens with zero attached hydrogens (tertiary/aromatic N) is 2. The second kappa shape index (κ2) is 7.65. The van der Waals surface area contributed by atoms with Gasteiger partial charge in [0, 0.05) is 38.7 Å². The van der Waals surface area contributed by atoms with Gasteiger partial charge in [-0.3, -0.25) is 4.79 Å². The van der Waals surface area contributed by atoms with Gasteiger partial charge in [0.15, 0.2) is 0 Å². The zero-order chi connectivity index (χ0) is 17.8. The summed E-state index contributed by atoms with van der Waals surface area (Å²) in [6.07, 6.45) is 5.18. The maximum atomic E-state index is 14.2. The van der Waals surface area contributed by atoms with Gasteiger partial charge >= 0.3 is 0 Å². The van der Waals surface area contributed by atoms with Gasteiger partial charge in [-0.15, -0.1) is 0 Å².